The fourth-order valence-corrected chi connectivity index (χ4v) is 2.33. The number of nitrogens with one attached hydrogen (secondary N) is 1. The van der Waals surface area contributed by atoms with Crippen molar-refractivity contribution < 1.29 is 14.0 Å². The number of hydrogen-bond acceptors (Lipinski definition) is 2. The average Bonchev–Trinajstić information content (AvgIpc) is 2.58. The van der Waals surface area contributed by atoms with Crippen LogP contribution in [-0.4, -0.2) is 29.8 Å². The van der Waals surface area contributed by atoms with E-state index in [-0.39, 0.29) is 24.2 Å². The second kappa shape index (κ2) is 8.82. The zero-order valence-electron chi connectivity index (χ0n) is 13.7. The molecule has 2 aromatic carbocycles. The lowest BCUT2D eigenvalue weighted by Gasteiger charge is -2.20. The number of amides is 2. The summed E-state index contributed by atoms with van der Waals surface area (Å²) in [6, 6.07) is 16.0. The van der Waals surface area contributed by atoms with Crippen LogP contribution in [0.2, 0.25) is 0 Å². The molecule has 1 N–H and O–H groups in total. The fourth-order valence-electron chi connectivity index (χ4n) is 2.33. The summed E-state index contributed by atoms with van der Waals surface area (Å²) in [6.07, 6.45) is 0.373. The highest BCUT2D eigenvalue weighted by Crippen LogP contribution is 2.08. The predicted octanol–water partition coefficient (Wildman–Crippen LogP) is 2.53. The number of carbonyl (C=O) groups excluding carboxylic acids is 2. The molecule has 2 rings (SSSR count). The predicted molar refractivity (Wildman–Crippen MR) is 90.6 cm³/mol. The molecule has 2 aromatic rings. The minimum Gasteiger partial charge on any atom is -0.350 e. The third kappa shape index (κ3) is 5.50. The highest BCUT2D eigenvalue weighted by Gasteiger charge is 2.14. The van der Waals surface area contributed by atoms with E-state index in [1.807, 2.05) is 30.3 Å². The summed E-state index contributed by atoms with van der Waals surface area (Å²) in [7, 11) is 0. The maximum Gasteiger partial charge on any atom is 0.239 e. The molecule has 2 amide bonds. The van der Waals surface area contributed by atoms with Crippen molar-refractivity contribution in [2.45, 2.75) is 19.9 Å². The van der Waals surface area contributed by atoms with Gasteiger partial charge in [0.15, 0.2) is 0 Å². The lowest BCUT2D eigenvalue weighted by molar-refractivity contribution is -0.134. The molecule has 0 spiro atoms. The number of halogens is 1. The van der Waals surface area contributed by atoms with Gasteiger partial charge >= 0.3 is 0 Å². The van der Waals surface area contributed by atoms with Crippen LogP contribution in [0.5, 0.6) is 0 Å². The molecule has 0 aliphatic rings. The highest BCUT2D eigenvalue weighted by molar-refractivity contribution is 5.83. The monoisotopic (exact) mass is 328 g/mol. The normalized spacial score (nSPS) is 10.2. The molecule has 0 saturated heterocycles. The Morgan fingerprint density at radius 3 is 2.38 bits per heavy atom. The van der Waals surface area contributed by atoms with Gasteiger partial charge in [0.05, 0.1) is 6.54 Å². The van der Waals surface area contributed by atoms with Crippen LogP contribution in [0.3, 0.4) is 0 Å². The second-order valence-electron chi connectivity index (χ2n) is 5.54. The summed E-state index contributed by atoms with van der Waals surface area (Å²) in [4.78, 5) is 25.2. The quantitative estimate of drug-likeness (QED) is 0.849. The van der Waals surface area contributed by atoms with Gasteiger partial charge in [0, 0.05) is 20.0 Å². The maximum absolute atomic E-state index is 13.6. The molecule has 0 aromatic heterocycles. The molecule has 0 aliphatic carbocycles. The lowest BCUT2D eigenvalue weighted by Crippen LogP contribution is -2.40. The first-order valence-corrected chi connectivity index (χ1v) is 7.86. The first kappa shape index (κ1) is 17.7. The van der Waals surface area contributed by atoms with Gasteiger partial charge in [0.2, 0.25) is 11.8 Å². The summed E-state index contributed by atoms with van der Waals surface area (Å²) >= 11 is 0. The fraction of sp³-hybridized carbons (Fsp3) is 0.263. The Balaban J connectivity index is 1.85. The Bertz CT molecular complexity index is 689. The van der Waals surface area contributed by atoms with Crippen molar-refractivity contribution in [3.63, 3.8) is 0 Å². The Labute approximate surface area is 141 Å². The van der Waals surface area contributed by atoms with Crippen LogP contribution in [0.1, 0.15) is 18.1 Å². The number of hydrogen-bond donors (Lipinski definition) is 1. The number of nitrogens with zero attached hydrogens (tertiary/aromatic N) is 1. The van der Waals surface area contributed by atoms with Gasteiger partial charge in [0.1, 0.15) is 5.82 Å². The minimum atomic E-state index is -0.297. The molecule has 24 heavy (non-hydrogen) atoms. The van der Waals surface area contributed by atoms with E-state index in [0.29, 0.717) is 25.1 Å². The van der Waals surface area contributed by atoms with Gasteiger partial charge in [-0.3, -0.25) is 9.59 Å². The largest absolute Gasteiger partial charge is 0.350 e. The Morgan fingerprint density at radius 2 is 1.71 bits per heavy atom. The van der Waals surface area contributed by atoms with E-state index in [0.717, 1.165) is 5.56 Å². The van der Waals surface area contributed by atoms with Crippen LogP contribution >= 0.6 is 0 Å². The topological polar surface area (TPSA) is 49.4 Å². The van der Waals surface area contributed by atoms with Crippen molar-refractivity contribution in [2.24, 2.45) is 0 Å². The number of rotatable bonds is 7. The van der Waals surface area contributed by atoms with Crippen molar-refractivity contribution in [3.05, 3.63) is 71.5 Å². The van der Waals surface area contributed by atoms with E-state index in [4.69, 9.17) is 0 Å². The van der Waals surface area contributed by atoms with Gasteiger partial charge in [0.25, 0.3) is 0 Å². The maximum atomic E-state index is 13.6. The zero-order valence-corrected chi connectivity index (χ0v) is 13.7. The van der Waals surface area contributed by atoms with Gasteiger partial charge in [-0.15, -0.1) is 0 Å². The molecule has 0 aliphatic heterocycles. The summed E-state index contributed by atoms with van der Waals surface area (Å²) < 4.78 is 13.6. The molecule has 0 fully saturated rings. The number of benzene rings is 2. The molecule has 0 unspecified atom stereocenters. The van der Waals surface area contributed by atoms with Gasteiger partial charge in [-0.2, -0.15) is 0 Å². The van der Waals surface area contributed by atoms with Gasteiger partial charge in [-0.25, -0.2) is 4.39 Å². The van der Waals surface area contributed by atoms with Crippen molar-refractivity contribution in [1.82, 2.24) is 10.2 Å². The minimum absolute atomic E-state index is 0.0311. The summed E-state index contributed by atoms with van der Waals surface area (Å²) in [5.74, 6) is -0.738. The first-order chi connectivity index (χ1) is 11.6. The average molecular weight is 328 g/mol. The Kier molecular flexibility index (Phi) is 6.49. The number of carbonyl (C=O) groups is 2. The summed E-state index contributed by atoms with van der Waals surface area (Å²) in [5, 5.41) is 2.79. The molecule has 4 nitrogen and oxygen atoms in total. The molecule has 5 heteroatoms. The van der Waals surface area contributed by atoms with E-state index < -0.39 is 0 Å². The molecule has 0 radical (unpaired) electrons. The van der Waals surface area contributed by atoms with Crippen LogP contribution in [0.25, 0.3) is 0 Å². The van der Waals surface area contributed by atoms with Crippen molar-refractivity contribution in [3.8, 4) is 0 Å². The molecular formula is C19H21FN2O2. The standard InChI is InChI=1S/C19H21FN2O2/c1-15(23)22(12-11-17-9-5-6-10-18(17)20)14-19(24)21-13-16-7-3-2-4-8-16/h2-10H,11-14H2,1H3,(H,21,24). The molecule has 126 valence electrons. The molecule has 0 heterocycles. The van der Waals surface area contributed by atoms with Crippen molar-refractivity contribution >= 4 is 11.8 Å². The smallest absolute Gasteiger partial charge is 0.239 e. The SMILES string of the molecule is CC(=O)N(CCc1ccccc1F)CC(=O)NCc1ccccc1. The summed E-state index contributed by atoms with van der Waals surface area (Å²) in [5.41, 5.74) is 1.53. The second-order valence-corrected chi connectivity index (χ2v) is 5.54. The van der Waals surface area contributed by atoms with Gasteiger partial charge in [-0.05, 0) is 23.6 Å². The van der Waals surface area contributed by atoms with E-state index in [2.05, 4.69) is 5.32 Å². The third-order valence-electron chi connectivity index (χ3n) is 3.72. The van der Waals surface area contributed by atoms with Crippen LogP contribution in [0.4, 0.5) is 4.39 Å². The third-order valence-corrected chi connectivity index (χ3v) is 3.72. The lowest BCUT2D eigenvalue weighted by atomic mass is 10.1. The van der Waals surface area contributed by atoms with Gasteiger partial charge in [-0.1, -0.05) is 48.5 Å². The molecule has 0 saturated carbocycles. The van der Waals surface area contributed by atoms with E-state index in [9.17, 15) is 14.0 Å². The van der Waals surface area contributed by atoms with Gasteiger partial charge < -0.3 is 10.2 Å². The van der Waals surface area contributed by atoms with Crippen LogP contribution < -0.4 is 5.32 Å². The Hall–Kier alpha value is -2.69. The van der Waals surface area contributed by atoms with Crippen LogP contribution in [0.15, 0.2) is 54.6 Å². The Morgan fingerprint density at radius 1 is 1.04 bits per heavy atom. The van der Waals surface area contributed by atoms with Crippen molar-refractivity contribution in [1.29, 1.82) is 0 Å². The molecule has 0 bridgehead atoms. The zero-order chi connectivity index (χ0) is 17.4. The van der Waals surface area contributed by atoms with E-state index in [1.54, 1.807) is 18.2 Å². The van der Waals surface area contributed by atoms with Crippen LogP contribution in [0, 0.1) is 5.82 Å². The van der Waals surface area contributed by atoms with E-state index in [1.165, 1.54) is 17.9 Å². The first-order valence-electron chi connectivity index (χ1n) is 7.86. The summed E-state index contributed by atoms with van der Waals surface area (Å²) in [6.45, 7) is 2.09. The highest BCUT2D eigenvalue weighted by atomic mass is 19.1. The van der Waals surface area contributed by atoms with E-state index >= 15 is 0 Å². The molecule has 0 atom stereocenters. The molecular weight excluding hydrogens is 307 g/mol. The van der Waals surface area contributed by atoms with Crippen LogP contribution in [-0.2, 0) is 22.6 Å². The van der Waals surface area contributed by atoms with Crippen molar-refractivity contribution in [2.75, 3.05) is 13.1 Å².